The van der Waals surface area contributed by atoms with Crippen molar-refractivity contribution in [3.63, 3.8) is 0 Å². The number of rotatable bonds is 53. The van der Waals surface area contributed by atoms with Crippen LogP contribution >= 0.6 is 0 Å². The van der Waals surface area contributed by atoms with Crippen LogP contribution in [-0.4, -0.2) is 47.4 Å². The summed E-state index contributed by atoms with van der Waals surface area (Å²) in [6.07, 6.45) is 69.7. The number of amides is 1. The van der Waals surface area contributed by atoms with E-state index in [0.29, 0.717) is 25.9 Å². The zero-order valence-electron chi connectivity index (χ0n) is 43.9. The molecule has 0 aromatic carbocycles. The van der Waals surface area contributed by atoms with Crippen LogP contribution in [0.2, 0.25) is 0 Å². The van der Waals surface area contributed by atoms with E-state index < -0.39 is 12.1 Å². The van der Waals surface area contributed by atoms with Gasteiger partial charge < -0.3 is 20.3 Å². The minimum Gasteiger partial charge on any atom is -0.465 e. The minimum atomic E-state index is -0.668. The Bertz CT molecular complexity index is 1110. The Balaban J connectivity index is 3.47. The van der Waals surface area contributed by atoms with Crippen molar-refractivity contribution in [1.29, 1.82) is 0 Å². The van der Waals surface area contributed by atoms with Crippen LogP contribution in [0.5, 0.6) is 0 Å². The van der Waals surface area contributed by atoms with Crippen molar-refractivity contribution in [2.45, 2.75) is 309 Å². The third-order valence-corrected chi connectivity index (χ3v) is 13.1. The largest absolute Gasteiger partial charge is 0.465 e. The van der Waals surface area contributed by atoms with Crippen LogP contribution < -0.4 is 5.32 Å². The lowest BCUT2D eigenvalue weighted by Gasteiger charge is -2.22. The lowest BCUT2D eigenvalue weighted by molar-refractivity contribution is -0.143. The zero-order valence-corrected chi connectivity index (χ0v) is 43.9. The van der Waals surface area contributed by atoms with Gasteiger partial charge in [-0.05, 0) is 70.6 Å². The van der Waals surface area contributed by atoms with E-state index in [1.165, 1.54) is 199 Å². The molecule has 3 N–H and O–H groups in total. The summed E-state index contributed by atoms with van der Waals surface area (Å²) in [4.78, 5) is 24.5. The van der Waals surface area contributed by atoms with Crippen LogP contribution in [0.1, 0.15) is 296 Å². The first kappa shape index (κ1) is 63.8. The number of unbranched alkanes of at least 4 members (excludes halogenated alkanes) is 34. The van der Waals surface area contributed by atoms with E-state index in [-0.39, 0.29) is 18.5 Å². The number of hydrogen-bond donors (Lipinski definition) is 3. The number of ether oxygens (including phenoxy) is 1. The van der Waals surface area contributed by atoms with Gasteiger partial charge >= 0.3 is 5.97 Å². The van der Waals surface area contributed by atoms with E-state index in [1.54, 1.807) is 0 Å². The van der Waals surface area contributed by atoms with Gasteiger partial charge in [0.2, 0.25) is 5.91 Å². The molecule has 386 valence electrons. The summed E-state index contributed by atoms with van der Waals surface area (Å²) in [5, 5.41) is 23.3. The maximum Gasteiger partial charge on any atom is 0.305 e. The van der Waals surface area contributed by atoms with Gasteiger partial charge in [0.25, 0.3) is 0 Å². The van der Waals surface area contributed by atoms with Gasteiger partial charge in [-0.2, -0.15) is 0 Å². The first-order valence-electron chi connectivity index (χ1n) is 28.9. The second-order valence-electron chi connectivity index (χ2n) is 19.6. The molecule has 0 aliphatic carbocycles. The molecule has 0 spiro atoms. The van der Waals surface area contributed by atoms with Crippen LogP contribution in [0, 0.1) is 0 Å². The second-order valence-corrected chi connectivity index (χ2v) is 19.6. The Morgan fingerprint density at radius 2 is 0.773 bits per heavy atom. The van der Waals surface area contributed by atoms with Gasteiger partial charge in [0.1, 0.15) is 0 Å². The average molecular weight is 927 g/mol. The summed E-state index contributed by atoms with van der Waals surface area (Å²) in [7, 11) is 0. The van der Waals surface area contributed by atoms with E-state index in [9.17, 15) is 19.8 Å². The molecule has 66 heavy (non-hydrogen) atoms. The Labute approximate surface area is 410 Å². The number of aliphatic hydroxyl groups is 2. The summed E-state index contributed by atoms with van der Waals surface area (Å²) < 4.78 is 5.40. The van der Waals surface area contributed by atoms with Crippen molar-refractivity contribution >= 4 is 11.9 Å². The number of allylic oxidation sites excluding steroid dienone is 7. The molecule has 0 rings (SSSR count). The van der Waals surface area contributed by atoms with Gasteiger partial charge in [-0.1, -0.05) is 262 Å². The molecule has 0 saturated heterocycles. The van der Waals surface area contributed by atoms with Crippen LogP contribution in [0.3, 0.4) is 0 Å². The maximum atomic E-state index is 12.5. The molecule has 0 fully saturated rings. The molecule has 2 atom stereocenters. The number of esters is 1. The standard InChI is InChI=1S/C60H111NO5/c1-3-5-7-9-11-13-15-17-28-32-36-40-44-48-52-58(63)57(56-62)61-59(64)53-49-45-41-37-33-29-26-24-22-20-19-21-23-25-27-31-35-39-43-47-51-55-66-60(65)54-50-46-42-38-34-30-18-16-14-12-10-8-6-4-2/h10,12,16,18,31,35,43,47,57-58,62-63H,3-9,11,13-15,17,19-30,32-34,36-42,44-46,48-56H2,1-2H3,(H,61,64)/b12-10-,18-16-,35-31-,47-43-. The third kappa shape index (κ3) is 51.2. The maximum absolute atomic E-state index is 12.5. The summed E-state index contributed by atoms with van der Waals surface area (Å²) in [6, 6.07) is -0.546. The molecule has 0 aliphatic heterocycles. The lowest BCUT2D eigenvalue weighted by atomic mass is 10.0. The number of carbonyl (C=O) groups excluding carboxylic acids is 2. The number of aliphatic hydroxyl groups excluding tert-OH is 2. The molecule has 0 aliphatic rings. The second kappa shape index (κ2) is 55.4. The molecule has 0 saturated carbocycles. The van der Waals surface area contributed by atoms with Gasteiger partial charge in [-0.15, -0.1) is 0 Å². The van der Waals surface area contributed by atoms with Crippen LogP contribution in [0.25, 0.3) is 0 Å². The van der Waals surface area contributed by atoms with Gasteiger partial charge in [0.05, 0.1) is 25.4 Å². The monoisotopic (exact) mass is 926 g/mol. The molecule has 0 heterocycles. The van der Waals surface area contributed by atoms with E-state index in [4.69, 9.17) is 4.74 Å². The molecule has 6 nitrogen and oxygen atoms in total. The fourth-order valence-electron chi connectivity index (χ4n) is 8.67. The van der Waals surface area contributed by atoms with Crippen molar-refractivity contribution in [2.75, 3.05) is 13.2 Å². The van der Waals surface area contributed by atoms with Crippen molar-refractivity contribution in [2.24, 2.45) is 0 Å². The molecule has 0 bridgehead atoms. The van der Waals surface area contributed by atoms with Crippen LogP contribution in [0.15, 0.2) is 48.6 Å². The smallest absolute Gasteiger partial charge is 0.305 e. The Hall–Kier alpha value is -2.18. The quantitative estimate of drug-likeness (QED) is 0.0321. The first-order chi connectivity index (χ1) is 32.5. The van der Waals surface area contributed by atoms with E-state index >= 15 is 0 Å². The molecule has 0 radical (unpaired) electrons. The van der Waals surface area contributed by atoms with Crippen molar-refractivity contribution in [3.05, 3.63) is 48.6 Å². The highest BCUT2D eigenvalue weighted by molar-refractivity contribution is 5.76. The van der Waals surface area contributed by atoms with E-state index in [2.05, 4.69) is 67.8 Å². The van der Waals surface area contributed by atoms with E-state index in [0.717, 1.165) is 64.2 Å². The van der Waals surface area contributed by atoms with Crippen LogP contribution in [-0.2, 0) is 14.3 Å². The summed E-state index contributed by atoms with van der Waals surface area (Å²) in [5.74, 6) is -0.0903. The van der Waals surface area contributed by atoms with E-state index in [1.807, 2.05) is 0 Å². The van der Waals surface area contributed by atoms with Gasteiger partial charge in [0, 0.05) is 12.8 Å². The Morgan fingerprint density at radius 1 is 0.424 bits per heavy atom. The van der Waals surface area contributed by atoms with Crippen molar-refractivity contribution in [1.82, 2.24) is 5.32 Å². The Morgan fingerprint density at radius 3 is 1.20 bits per heavy atom. The fourth-order valence-corrected chi connectivity index (χ4v) is 8.67. The minimum absolute atomic E-state index is 0.0400. The Kier molecular flexibility index (Phi) is 53.6. The molecule has 2 unspecified atom stereocenters. The molecule has 0 aromatic heterocycles. The number of carbonyl (C=O) groups is 2. The fraction of sp³-hybridized carbons (Fsp3) is 0.833. The van der Waals surface area contributed by atoms with Crippen molar-refractivity contribution < 1.29 is 24.5 Å². The zero-order chi connectivity index (χ0) is 47.9. The summed E-state index contributed by atoms with van der Waals surface area (Å²) in [5.41, 5.74) is 0. The summed E-state index contributed by atoms with van der Waals surface area (Å²) in [6.45, 7) is 4.80. The van der Waals surface area contributed by atoms with Gasteiger partial charge in [-0.3, -0.25) is 9.59 Å². The SMILES string of the molecule is CCCC/C=C\C/C=C\CCCCCCCC(=O)OCC/C=C\C/C=C\CCCCCCCCCCCCCCCCC(=O)NC(CO)C(O)CCCCCCCCCCCCCCCC. The predicted octanol–water partition coefficient (Wildman–Crippen LogP) is 17.8. The molecule has 6 heteroatoms. The topological polar surface area (TPSA) is 95.9 Å². The lowest BCUT2D eigenvalue weighted by Crippen LogP contribution is -2.45. The molecular weight excluding hydrogens is 815 g/mol. The summed E-state index contributed by atoms with van der Waals surface area (Å²) >= 11 is 0. The normalized spacial score (nSPS) is 13.0. The number of hydrogen-bond acceptors (Lipinski definition) is 5. The van der Waals surface area contributed by atoms with Crippen molar-refractivity contribution in [3.8, 4) is 0 Å². The third-order valence-electron chi connectivity index (χ3n) is 13.1. The van der Waals surface area contributed by atoms with Gasteiger partial charge in [-0.25, -0.2) is 0 Å². The van der Waals surface area contributed by atoms with Gasteiger partial charge in [0.15, 0.2) is 0 Å². The highest BCUT2D eigenvalue weighted by Gasteiger charge is 2.20. The average Bonchev–Trinajstić information content (AvgIpc) is 3.32. The van der Waals surface area contributed by atoms with Crippen LogP contribution in [0.4, 0.5) is 0 Å². The highest BCUT2D eigenvalue weighted by atomic mass is 16.5. The highest BCUT2D eigenvalue weighted by Crippen LogP contribution is 2.17. The molecule has 1 amide bonds. The number of nitrogens with one attached hydrogen (secondary N) is 1. The predicted molar refractivity (Wildman–Crippen MR) is 287 cm³/mol. The molecular formula is C60H111NO5. The first-order valence-corrected chi connectivity index (χ1v) is 28.9. The molecule has 0 aromatic rings.